The number of rotatable bonds is 6. The zero-order chi connectivity index (χ0) is 25.2. The monoisotopic (exact) mass is 483 g/mol. The van der Waals surface area contributed by atoms with Gasteiger partial charge in [0.2, 0.25) is 5.95 Å². The fourth-order valence-corrected chi connectivity index (χ4v) is 3.80. The number of carbonyl (C=O) groups excluding carboxylic acids is 1. The summed E-state index contributed by atoms with van der Waals surface area (Å²) in [5, 5.41) is 18.0. The number of hydrogen-bond donors (Lipinski definition) is 3. The Morgan fingerprint density at radius 3 is 2.25 bits per heavy atom. The van der Waals surface area contributed by atoms with Gasteiger partial charge in [-0.15, -0.1) is 5.10 Å². The molecule has 10 heteroatoms. The summed E-state index contributed by atoms with van der Waals surface area (Å²) in [5.41, 5.74) is 0.640. The van der Waals surface area contributed by atoms with Gasteiger partial charge in [-0.1, -0.05) is 12.1 Å². The lowest BCUT2D eigenvalue weighted by atomic mass is 10.1. The first-order valence-electron chi connectivity index (χ1n) is 10.9. The van der Waals surface area contributed by atoms with E-state index >= 15 is 0 Å². The van der Waals surface area contributed by atoms with Crippen molar-refractivity contribution in [3.05, 3.63) is 88.7 Å². The number of amides is 1. The maximum absolute atomic E-state index is 13.0. The van der Waals surface area contributed by atoms with E-state index in [1.807, 2.05) is 12.1 Å². The van der Waals surface area contributed by atoms with Gasteiger partial charge in [0.05, 0.1) is 25.4 Å². The minimum absolute atomic E-state index is 0.0476. The lowest BCUT2D eigenvalue weighted by Crippen LogP contribution is -2.24. The minimum Gasteiger partial charge on any atom is -0.506 e. The van der Waals surface area contributed by atoms with Crippen LogP contribution in [0.1, 0.15) is 10.4 Å². The van der Waals surface area contributed by atoms with Crippen molar-refractivity contribution in [2.24, 2.45) is 0 Å². The van der Waals surface area contributed by atoms with Crippen molar-refractivity contribution in [1.82, 2.24) is 19.7 Å². The van der Waals surface area contributed by atoms with Gasteiger partial charge in [-0.05, 0) is 60.7 Å². The largest absolute Gasteiger partial charge is 0.506 e. The minimum atomic E-state index is -0.840. The van der Waals surface area contributed by atoms with Gasteiger partial charge < -0.3 is 19.6 Å². The molecule has 2 aromatic heterocycles. The number of aromatic nitrogens is 4. The summed E-state index contributed by atoms with van der Waals surface area (Å²) in [6.45, 7) is 0. The Labute approximate surface area is 204 Å². The highest BCUT2D eigenvalue weighted by molar-refractivity contribution is 6.08. The molecule has 0 bridgehead atoms. The van der Waals surface area contributed by atoms with Crippen LogP contribution in [-0.4, -0.2) is 45.0 Å². The van der Waals surface area contributed by atoms with Crippen molar-refractivity contribution in [2.75, 3.05) is 19.5 Å². The molecule has 0 unspecified atom stereocenters. The number of H-pyrrole nitrogens is 1. The van der Waals surface area contributed by atoms with Gasteiger partial charge in [0, 0.05) is 10.9 Å². The van der Waals surface area contributed by atoms with Gasteiger partial charge in [0.15, 0.2) is 5.82 Å². The fourth-order valence-electron chi connectivity index (χ4n) is 3.80. The van der Waals surface area contributed by atoms with Crippen LogP contribution in [0.3, 0.4) is 0 Å². The Hall–Kier alpha value is -5.12. The number of para-hydroxylation sites is 1. The van der Waals surface area contributed by atoms with Crippen LogP contribution in [0.4, 0.5) is 5.95 Å². The Kier molecular flexibility index (Phi) is 5.83. The van der Waals surface area contributed by atoms with Crippen molar-refractivity contribution < 1.29 is 19.4 Å². The fraction of sp³-hybridized carbons (Fsp3) is 0.0769. The van der Waals surface area contributed by atoms with Crippen LogP contribution in [0.2, 0.25) is 0 Å². The lowest BCUT2D eigenvalue weighted by Gasteiger charge is -2.07. The molecule has 180 valence electrons. The molecule has 0 aliphatic rings. The van der Waals surface area contributed by atoms with Crippen LogP contribution in [0.25, 0.3) is 28.0 Å². The number of ether oxygens (including phenoxy) is 2. The predicted octanol–water partition coefficient (Wildman–Crippen LogP) is 3.75. The van der Waals surface area contributed by atoms with E-state index in [2.05, 4.69) is 20.4 Å². The van der Waals surface area contributed by atoms with Gasteiger partial charge in [0.25, 0.3) is 11.5 Å². The summed E-state index contributed by atoms with van der Waals surface area (Å²) < 4.78 is 12.0. The zero-order valence-corrected chi connectivity index (χ0v) is 19.4. The first-order valence-corrected chi connectivity index (χ1v) is 10.9. The van der Waals surface area contributed by atoms with Crippen molar-refractivity contribution in [2.45, 2.75) is 0 Å². The van der Waals surface area contributed by atoms with Crippen molar-refractivity contribution in [1.29, 1.82) is 0 Å². The molecule has 3 aromatic carbocycles. The molecule has 36 heavy (non-hydrogen) atoms. The summed E-state index contributed by atoms with van der Waals surface area (Å²) >= 11 is 0. The smallest absolute Gasteiger partial charge is 0.267 e. The zero-order valence-electron chi connectivity index (χ0n) is 19.4. The van der Waals surface area contributed by atoms with Crippen LogP contribution >= 0.6 is 0 Å². The van der Waals surface area contributed by atoms with E-state index in [-0.39, 0.29) is 5.95 Å². The summed E-state index contributed by atoms with van der Waals surface area (Å²) in [4.78, 5) is 32.7. The molecule has 5 rings (SSSR count). The number of methoxy groups -OCH3 is 2. The van der Waals surface area contributed by atoms with Gasteiger partial charge in [-0.2, -0.15) is 4.98 Å². The molecule has 3 N–H and O–H groups in total. The van der Waals surface area contributed by atoms with Gasteiger partial charge in [0.1, 0.15) is 22.8 Å². The molecule has 2 heterocycles. The first-order chi connectivity index (χ1) is 17.5. The normalized spacial score (nSPS) is 10.8. The average molecular weight is 483 g/mol. The summed E-state index contributed by atoms with van der Waals surface area (Å²) in [7, 11) is 3.15. The third kappa shape index (κ3) is 4.11. The van der Waals surface area contributed by atoms with E-state index in [9.17, 15) is 14.7 Å². The topological polar surface area (TPSA) is 131 Å². The molecular formula is C26H21N5O5. The van der Waals surface area contributed by atoms with Gasteiger partial charge in [-0.25, -0.2) is 4.68 Å². The Morgan fingerprint density at radius 1 is 0.944 bits per heavy atom. The number of aromatic hydroxyl groups is 1. The number of benzene rings is 3. The molecule has 0 saturated carbocycles. The quantitative estimate of drug-likeness (QED) is 0.335. The third-order valence-electron chi connectivity index (χ3n) is 5.62. The molecule has 5 aromatic rings. The maximum atomic E-state index is 13.0. The van der Waals surface area contributed by atoms with E-state index in [1.165, 1.54) is 0 Å². The van der Waals surface area contributed by atoms with E-state index < -0.39 is 22.8 Å². The Morgan fingerprint density at radius 2 is 1.58 bits per heavy atom. The van der Waals surface area contributed by atoms with Crippen LogP contribution in [0, 0.1) is 0 Å². The number of nitrogens with one attached hydrogen (secondary N) is 2. The van der Waals surface area contributed by atoms with Crippen LogP contribution in [-0.2, 0) is 0 Å². The van der Waals surface area contributed by atoms with Gasteiger partial charge >= 0.3 is 0 Å². The molecule has 0 aliphatic heterocycles. The van der Waals surface area contributed by atoms with Crippen molar-refractivity contribution in [3.8, 4) is 34.3 Å². The number of nitrogens with zero attached hydrogens (tertiary/aromatic N) is 3. The van der Waals surface area contributed by atoms with Crippen LogP contribution < -0.4 is 20.3 Å². The number of aromatic amines is 1. The SMILES string of the molecule is COc1ccc(-c2nc(NC(=O)c3c(O)c4ccccc4[nH]c3=O)nn2-c2ccc(OC)cc2)cc1. The molecule has 1 amide bonds. The van der Waals surface area contributed by atoms with E-state index in [4.69, 9.17) is 9.47 Å². The highest BCUT2D eigenvalue weighted by Gasteiger charge is 2.22. The van der Waals surface area contributed by atoms with Gasteiger partial charge in [-0.3, -0.25) is 14.9 Å². The molecular weight excluding hydrogens is 462 g/mol. The molecule has 0 atom stereocenters. The molecule has 0 spiro atoms. The molecule has 10 nitrogen and oxygen atoms in total. The second kappa shape index (κ2) is 9.26. The molecule has 0 aliphatic carbocycles. The maximum Gasteiger partial charge on any atom is 0.267 e. The Balaban J connectivity index is 1.56. The van der Waals surface area contributed by atoms with E-state index in [0.29, 0.717) is 39.5 Å². The highest BCUT2D eigenvalue weighted by Crippen LogP contribution is 2.27. The number of anilines is 1. The second-order valence-corrected chi connectivity index (χ2v) is 7.77. The molecule has 0 fully saturated rings. The van der Waals surface area contributed by atoms with Crippen molar-refractivity contribution >= 4 is 22.8 Å². The highest BCUT2D eigenvalue weighted by atomic mass is 16.5. The van der Waals surface area contributed by atoms with Crippen LogP contribution in [0.5, 0.6) is 17.2 Å². The van der Waals surface area contributed by atoms with Crippen molar-refractivity contribution in [3.63, 3.8) is 0 Å². The number of fused-ring (bicyclic) bond motifs is 1. The summed E-state index contributed by atoms with van der Waals surface area (Å²) in [6.07, 6.45) is 0. The van der Waals surface area contributed by atoms with E-state index in [1.54, 1.807) is 79.6 Å². The van der Waals surface area contributed by atoms with E-state index in [0.717, 1.165) is 0 Å². The number of carbonyl (C=O) groups is 1. The Bertz CT molecular complexity index is 1560. The predicted molar refractivity (Wildman–Crippen MR) is 134 cm³/mol. The average Bonchev–Trinajstić information content (AvgIpc) is 3.32. The molecule has 0 saturated heterocycles. The number of pyridine rings is 1. The standard InChI is InChI=1S/C26H21N5O5/c1-35-17-11-7-15(8-12-17)23-28-26(30-31(23)16-9-13-18(36-2)14-10-16)29-25(34)21-22(32)19-5-3-4-6-20(19)27-24(21)33/h3-14H,1-2H3,(H2,27,32,33)(H,29,30,34). The molecule has 0 radical (unpaired) electrons. The summed E-state index contributed by atoms with van der Waals surface area (Å²) in [6, 6.07) is 21.0. The summed E-state index contributed by atoms with van der Waals surface area (Å²) in [5.74, 6) is 0.478. The third-order valence-corrected chi connectivity index (χ3v) is 5.62. The first kappa shape index (κ1) is 22.7. The second-order valence-electron chi connectivity index (χ2n) is 7.77. The number of hydrogen-bond acceptors (Lipinski definition) is 7. The van der Waals surface area contributed by atoms with Crippen LogP contribution in [0.15, 0.2) is 77.6 Å². The lowest BCUT2D eigenvalue weighted by molar-refractivity contribution is 0.102.